The molecule has 120 valence electrons. The molecule has 0 aliphatic heterocycles. The first-order valence-corrected chi connectivity index (χ1v) is 8.34. The maximum Gasteiger partial charge on any atom is 0.243 e. The van der Waals surface area contributed by atoms with Crippen molar-refractivity contribution < 1.29 is 9.59 Å². The van der Waals surface area contributed by atoms with E-state index < -0.39 is 0 Å². The normalized spacial score (nSPS) is 20.7. The maximum absolute atomic E-state index is 12.1. The second-order valence-electron chi connectivity index (χ2n) is 5.76. The summed E-state index contributed by atoms with van der Waals surface area (Å²) in [5.41, 5.74) is 7.41. The predicted octanol–water partition coefficient (Wildman–Crippen LogP) is 2.19. The largest absolute Gasteiger partial charge is 0.347 e. The van der Waals surface area contributed by atoms with Gasteiger partial charge in [0.25, 0.3) is 0 Å². The van der Waals surface area contributed by atoms with Gasteiger partial charge in [0.1, 0.15) is 0 Å². The second-order valence-corrected chi connectivity index (χ2v) is 6.67. The molecule has 2 rings (SSSR count). The number of aryl methyl sites for hydroxylation is 1. The highest BCUT2D eigenvalue weighted by Gasteiger charge is 2.31. The Morgan fingerprint density at radius 2 is 2.14 bits per heavy atom. The van der Waals surface area contributed by atoms with Gasteiger partial charge in [0.2, 0.25) is 11.8 Å². The molecule has 0 spiro atoms. The summed E-state index contributed by atoms with van der Waals surface area (Å²) in [7, 11) is 0. The molecular formula is C16H22BrN3O2. The van der Waals surface area contributed by atoms with E-state index in [1.54, 1.807) is 0 Å². The number of carbonyl (C=O) groups is 2. The third kappa shape index (κ3) is 4.30. The van der Waals surface area contributed by atoms with E-state index in [1.807, 2.05) is 25.1 Å². The lowest BCUT2D eigenvalue weighted by atomic mass is 9.95. The summed E-state index contributed by atoms with van der Waals surface area (Å²) in [6.45, 7) is 2.44. The van der Waals surface area contributed by atoms with E-state index in [2.05, 4.69) is 26.6 Å². The van der Waals surface area contributed by atoms with Crippen LogP contribution in [0.2, 0.25) is 0 Å². The van der Waals surface area contributed by atoms with E-state index in [0.717, 1.165) is 35.0 Å². The van der Waals surface area contributed by atoms with Crippen molar-refractivity contribution in [2.45, 2.75) is 26.2 Å². The molecule has 0 heterocycles. The average Bonchev–Trinajstić information content (AvgIpc) is 2.97. The molecular weight excluding hydrogens is 346 g/mol. The highest BCUT2D eigenvalue weighted by molar-refractivity contribution is 9.10. The molecule has 1 aliphatic rings. The van der Waals surface area contributed by atoms with Gasteiger partial charge in [-0.3, -0.25) is 9.59 Å². The zero-order chi connectivity index (χ0) is 16.1. The summed E-state index contributed by atoms with van der Waals surface area (Å²) < 4.78 is 0.897. The minimum absolute atomic E-state index is 0.0153. The lowest BCUT2D eigenvalue weighted by molar-refractivity contribution is -0.128. The Kier molecular flexibility index (Phi) is 5.97. The molecule has 6 heteroatoms. The Balaban J connectivity index is 1.85. The zero-order valence-corrected chi connectivity index (χ0v) is 14.3. The zero-order valence-electron chi connectivity index (χ0n) is 12.7. The molecule has 0 unspecified atom stereocenters. The Morgan fingerprint density at radius 3 is 2.86 bits per heavy atom. The number of benzene rings is 1. The molecule has 0 aromatic heterocycles. The molecule has 2 amide bonds. The first-order chi connectivity index (χ1) is 10.5. The summed E-state index contributed by atoms with van der Waals surface area (Å²) in [6.07, 6.45) is 2.89. The lowest BCUT2D eigenvalue weighted by Crippen LogP contribution is -2.39. The number of hydrogen-bond acceptors (Lipinski definition) is 3. The monoisotopic (exact) mass is 367 g/mol. The summed E-state index contributed by atoms with van der Waals surface area (Å²) in [4.78, 5) is 24.1. The Bertz CT molecular complexity index is 562. The number of nitrogens with one attached hydrogen (secondary N) is 2. The van der Waals surface area contributed by atoms with Crippen LogP contribution in [-0.4, -0.2) is 24.9 Å². The van der Waals surface area contributed by atoms with Crippen LogP contribution in [-0.2, 0) is 9.59 Å². The molecule has 4 N–H and O–H groups in total. The predicted molar refractivity (Wildman–Crippen MR) is 90.4 cm³/mol. The number of nitrogens with two attached hydrogens (primary N) is 1. The van der Waals surface area contributed by atoms with Gasteiger partial charge in [-0.15, -0.1) is 0 Å². The van der Waals surface area contributed by atoms with Crippen LogP contribution >= 0.6 is 15.9 Å². The van der Waals surface area contributed by atoms with Crippen molar-refractivity contribution in [1.29, 1.82) is 0 Å². The summed E-state index contributed by atoms with van der Waals surface area (Å²) >= 11 is 3.37. The van der Waals surface area contributed by atoms with Crippen LogP contribution in [0.3, 0.4) is 0 Å². The van der Waals surface area contributed by atoms with Gasteiger partial charge < -0.3 is 16.4 Å². The van der Waals surface area contributed by atoms with Crippen LogP contribution in [0.5, 0.6) is 0 Å². The van der Waals surface area contributed by atoms with Crippen LogP contribution in [0.15, 0.2) is 22.7 Å². The third-order valence-corrected chi connectivity index (χ3v) is 4.69. The number of halogens is 1. The summed E-state index contributed by atoms with van der Waals surface area (Å²) in [5, 5.41) is 5.54. The highest BCUT2D eigenvalue weighted by atomic mass is 79.9. The number of anilines is 1. The molecule has 1 fully saturated rings. The molecule has 1 aromatic carbocycles. The first kappa shape index (κ1) is 17.0. The molecule has 2 atom stereocenters. The van der Waals surface area contributed by atoms with Gasteiger partial charge in [0.15, 0.2) is 0 Å². The van der Waals surface area contributed by atoms with Crippen LogP contribution < -0.4 is 16.4 Å². The number of rotatable bonds is 5. The van der Waals surface area contributed by atoms with Crippen LogP contribution in [0.4, 0.5) is 5.69 Å². The molecule has 1 aromatic rings. The fourth-order valence-electron chi connectivity index (χ4n) is 2.89. The van der Waals surface area contributed by atoms with Crippen molar-refractivity contribution in [2.24, 2.45) is 17.6 Å². The molecule has 1 aliphatic carbocycles. The van der Waals surface area contributed by atoms with E-state index in [0.29, 0.717) is 6.54 Å². The molecule has 22 heavy (non-hydrogen) atoms. The van der Waals surface area contributed by atoms with Crippen molar-refractivity contribution in [3.05, 3.63) is 28.2 Å². The maximum atomic E-state index is 12.1. The fourth-order valence-corrected chi connectivity index (χ4v) is 3.25. The minimum Gasteiger partial charge on any atom is -0.347 e. The average molecular weight is 368 g/mol. The van der Waals surface area contributed by atoms with Gasteiger partial charge in [-0.05, 0) is 49.9 Å². The van der Waals surface area contributed by atoms with Crippen LogP contribution in [0, 0.1) is 18.8 Å². The van der Waals surface area contributed by atoms with Crippen LogP contribution in [0.1, 0.15) is 24.8 Å². The topological polar surface area (TPSA) is 84.2 Å². The molecule has 5 nitrogen and oxygen atoms in total. The van der Waals surface area contributed by atoms with Gasteiger partial charge in [0.05, 0.1) is 6.54 Å². The van der Waals surface area contributed by atoms with E-state index in [-0.39, 0.29) is 30.2 Å². The second kappa shape index (κ2) is 7.74. The van der Waals surface area contributed by atoms with Crippen molar-refractivity contribution >= 4 is 33.4 Å². The van der Waals surface area contributed by atoms with Gasteiger partial charge in [-0.1, -0.05) is 28.4 Å². The summed E-state index contributed by atoms with van der Waals surface area (Å²) in [5.74, 6) is -0.0910. The van der Waals surface area contributed by atoms with Gasteiger partial charge in [-0.2, -0.15) is 0 Å². The Morgan fingerprint density at radius 1 is 1.36 bits per heavy atom. The molecule has 0 bridgehead atoms. The number of hydrogen-bond donors (Lipinski definition) is 3. The minimum atomic E-state index is -0.225. The van der Waals surface area contributed by atoms with Gasteiger partial charge in [0, 0.05) is 16.1 Å². The van der Waals surface area contributed by atoms with E-state index >= 15 is 0 Å². The smallest absolute Gasteiger partial charge is 0.243 e. The molecule has 0 radical (unpaired) electrons. The van der Waals surface area contributed by atoms with E-state index in [1.165, 1.54) is 0 Å². The molecule has 1 saturated carbocycles. The molecule has 0 saturated heterocycles. The van der Waals surface area contributed by atoms with Crippen LogP contribution in [0.25, 0.3) is 0 Å². The van der Waals surface area contributed by atoms with E-state index in [9.17, 15) is 9.59 Å². The number of carbonyl (C=O) groups excluding carboxylic acids is 2. The fraction of sp³-hybridized carbons (Fsp3) is 0.500. The Labute approximate surface area is 139 Å². The Hall–Kier alpha value is -1.40. The van der Waals surface area contributed by atoms with Crippen molar-refractivity contribution in [1.82, 2.24) is 5.32 Å². The standard InChI is InChI=1S/C16H22BrN3O2/c1-10-5-6-12(17)7-14(10)20-15(21)9-19-16(22)13-4-2-3-11(13)8-18/h5-7,11,13H,2-4,8-9,18H2,1H3,(H,19,22)(H,20,21)/t11-,13-/m1/s1. The quantitative estimate of drug-likeness (QED) is 0.745. The number of amides is 2. The van der Waals surface area contributed by atoms with Crippen molar-refractivity contribution in [3.63, 3.8) is 0 Å². The lowest BCUT2D eigenvalue weighted by Gasteiger charge is -2.17. The first-order valence-electron chi connectivity index (χ1n) is 7.55. The highest BCUT2D eigenvalue weighted by Crippen LogP contribution is 2.30. The van der Waals surface area contributed by atoms with Gasteiger partial charge in [-0.25, -0.2) is 0 Å². The summed E-state index contributed by atoms with van der Waals surface area (Å²) in [6, 6.07) is 5.68. The SMILES string of the molecule is Cc1ccc(Br)cc1NC(=O)CNC(=O)[C@@H]1CCC[C@@H]1CN. The van der Waals surface area contributed by atoms with Gasteiger partial charge >= 0.3 is 0 Å². The van der Waals surface area contributed by atoms with E-state index in [4.69, 9.17) is 5.73 Å². The van der Waals surface area contributed by atoms with Crippen molar-refractivity contribution in [3.8, 4) is 0 Å². The van der Waals surface area contributed by atoms with Crippen molar-refractivity contribution in [2.75, 3.05) is 18.4 Å². The third-order valence-electron chi connectivity index (χ3n) is 4.20.